The van der Waals surface area contributed by atoms with E-state index in [1.165, 1.54) is 6.92 Å². The third kappa shape index (κ3) is 4.14. The molecule has 0 aromatic rings. The highest BCUT2D eigenvalue weighted by atomic mass is 16.5. The Kier molecular flexibility index (Phi) is 5.89. The van der Waals surface area contributed by atoms with Crippen molar-refractivity contribution >= 4 is 17.7 Å². The monoisotopic (exact) mass is 360 g/mol. The summed E-state index contributed by atoms with van der Waals surface area (Å²) < 4.78 is 10.7. The zero-order valence-electron chi connectivity index (χ0n) is 16.4. The van der Waals surface area contributed by atoms with Crippen LogP contribution in [0.1, 0.15) is 54.4 Å². The van der Waals surface area contributed by atoms with Gasteiger partial charge in [0.1, 0.15) is 11.9 Å². The topological polar surface area (TPSA) is 69.7 Å². The van der Waals surface area contributed by atoms with Crippen LogP contribution in [-0.2, 0) is 23.9 Å². The molecule has 2 aliphatic carbocycles. The van der Waals surface area contributed by atoms with Gasteiger partial charge in [-0.2, -0.15) is 0 Å². The van der Waals surface area contributed by atoms with Crippen LogP contribution in [-0.4, -0.2) is 23.8 Å². The number of carbonyl (C=O) groups excluding carboxylic acids is 3. The van der Waals surface area contributed by atoms with E-state index in [1.54, 1.807) is 6.92 Å². The molecular weight excluding hydrogens is 332 g/mol. The second kappa shape index (κ2) is 7.60. The van der Waals surface area contributed by atoms with Crippen molar-refractivity contribution in [2.24, 2.45) is 17.3 Å². The quantitative estimate of drug-likeness (QED) is 0.408. The first-order chi connectivity index (χ1) is 12.1. The average Bonchev–Trinajstić information content (AvgIpc) is 2.94. The molecule has 0 spiro atoms. The van der Waals surface area contributed by atoms with Gasteiger partial charge >= 0.3 is 11.9 Å². The Bertz CT molecular complexity index is 708. The van der Waals surface area contributed by atoms with Gasteiger partial charge in [-0.15, -0.1) is 0 Å². The average molecular weight is 360 g/mol. The molecule has 0 N–H and O–H groups in total. The zero-order valence-corrected chi connectivity index (χ0v) is 16.4. The fraction of sp³-hybridized carbons (Fsp3) is 0.571. The molecular formula is C21H28O5. The summed E-state index contributed by atoms with van der Waals surface area (Å²) in [6.07, 6.45) is 5.99. The minimum atomic E-state index is -0.467. The number of Topliss-reactive ketones (excluding diaryl/α,β-unsaturated/α-hetero) is 1. The van der Waals surface area contributed by atoms with Crippen molar-refractivity contribution in [2.75, 3.05) is 0 Å². The lowest BCUT2D eigenvalue weighted by molar-refractivity contribution is -0.150. The van der Waals surface area contributed by atoms with Crippen LogP contribution in [0.3, 0.4) is 0 Å². The van der Waals surface area contributed by atoms with Gasteiger partial charge in [0.2, 0.25) is 0 Å². The normalized spacial score (nSPS) is 27.8. The molecule has 0 heterocycles. The molecule has 0 saturated heterocycles. The van der Waals surface area contributed by atoms with Gasteiger partial charge in [0.25, 0.3) is 0 Å². The summed E-state index contributed by atoms with van der Waals surface area (Å²) in [5.74, 6) is -0.470. The molecule has 5 heteroatoms. The van der Waals surface area contributed by atoms with E-state index in [2.05, 4.69) is 0 Å². The molecule has 0 aromatic carbocycles. The van der Waals surface area contributed by atoms with E-state index in [9.17, 15) is 14.4 Å². The van der Waals surface area contributed by atoms with E-state index >= 15 is 0 Å². The lowest BCUT2D eigenvalue weighted by Gasteiger charge is -2.13. The van der Waals surface area contributed by atoms with Gasteiger partial charge in [-0.1, -0.05) is 26.0 Å². The number of rotatable bonds is 6. The molecule has 0 aromatic heterocycles. The van der Waals surface area contributed by atoms with Crippen LogP contribution in [0.4, 0.5) is 0 Å². The third-order valence-corrected chi connectivity index (χ3v) is 5.37. The standard InChI is InChI=1S/C21H28O5/c1-7-8-9-15-13(3)18(11-17(15)23)26-20(24)19-16(21(19,5)6)10-12(2)25-14(4)22/h7-8,10,16,18-19H,9,11H2,1-6H3/b8-7+,12-10+/t16-,18+,19+/m1/s1. The maximum Gasteiger partial charge on any atom is 0.310 e. The van der Waals surface area contributed by atoms with Crippen molar-refractivity contribution in [3.8, 4) is 0 Å². The number of ketones is 1. The minimum Gasteiger partial charge on any atom is -0.457 e. The highest BCUT2D eigenvalue weighted by Gasteiger charge is 2.62. The predicted octanol–water partition coefficient (Wildman–Crippen LogP) is 3.89. The van der Waals surface area contributed by atoms with Gasteiger partial charge in [-0.3, -0.25) is 14.4 Å². The molecule has 5 nitrogen and oxygen atoms in total. The van der Waals surface area contributed by atoms with Crippen LogP contribution < -0.4 is 0 Å². The summed E-state index contributed by atoms with van der Waals surface area (Å²) in [4.78, 5) is 35.9. The number of carbonyl (C=O) groups is 3. The molecule has 0 aliphatic heterocycles. The van der Waals surface area contributed by atoms with Gasteiger partial charge in [-0.25, -0.2) is 0 Å². The van der Waals surface area contributed by atoms with E-state index < -0.39 is 6.10 Å². The van der Waals surface area contributed by atoms with Crippen LogP contribution in [0.15, 0.2) is 35.1 Å². The lowest BCUT2D eigenvalue weighted by Crippen LogP contribution is -2.20. The number of hydrogen-bond donors (Lipinski definition) is 0. The first kappa shape index (κ1) is 20.1. The van der Waals surface area contributed by atoms with Crippen molar-refractivity contribution in [1.82, 2.24) is 0 Å². The van der Waals surface area contributed by atoms with Gasteiger partial charge < -0.3 is 9.47 Å². The highest BCUT2D eigenvalue weighted by molar-refractivity contribution is 6.00. The lowest BCUT2D eigenvalue weighted by atomic mass is 10.1. The Morgan fingerprint density at radius 2 is 1.92 bits per heavy atom. The van der Waals surface area contributed by atoms with Gasteiger partial charge in [-0.05, 0) is 44.3 Å². The van der Waals surface area contributed by atoms with E-state index in [-0.39, 0.29) is 41.4 Å². The predicted molar refractivity (Wildman–Crippen MR) is 97.9 cm³/mol. The molecule has 0 bridgehead atoms. The summed E-state index contributed by atoms with van der Waals surface area (Å²) >= 11 is 0. The smallest absolute Gasteiger partial charge is 0.310 e. The summed E-state index contributed by atoms with van der Waals surface area (Å²) in [5, 5.41) is 0. The Morgan fingerprint density at radius 1 is 1.27 bits per heavy atom. The van der Waals surface area contributed by atoms with Gasteiger partial charge in [0.15, 0.2) is 5.78 Å². The summed E-state index contributed by atoms with van der Waals surface area (Å²) in [5.41, 5.74) is 1.34. The van der Waals surface area contributed by atoms with E-state index in [4.69, 9.17) is 9.47 Å². The molecule has 0 radical (unpaired) electrons. The molecule has 1 saturated carbocycles. The van der Waals surface area contributed by atoms with E-state index in [0.29, 0.717) is 12.2 Å². The van der Waals surface area contributed by atoms with Crippen LogP contribution in [0.2, 0.25) is 0 Å². The minimum absolute atomic E-state index is 0.0433. The molecule has 0 amide bonds. The van der Waals surface area contributed by atoms with E-state index in [0.717, 1.165) is 11.1 Å². The fourth-order valence-corrected chi connectivity index (χ4v) is 3.67. The Balaban J connectivity index is 2.05. The van der Waals surface area contributed by atoms with Crippen LogP contribution in [0.5, 0.6) is 0 Å². The van der Waals surface area contributed by atoms with Gasteiger partial charge in [0.05, 0.1) is 12.3 Å². The van der Waals surface area contributed by atoms with Crippen molar-refractivity contribution < 1.29 is 23.9 Å². The van der Waals surface area contributed by atoms with Crippen LogP contribution in [0, 0.1) is 17.3 Å². The number of ether oxygens (including phenoxy) is 2. The van der Waals surface area contributed by atoms with Crippen molar-refractivity contribution in [3.05, 3.63) is 35.1 Å². The molecule has 2 rings (SSSR count). The van der Waals surface area contributed by atoms with Crippen molar-refractivity contribution in [3.63, 3.8) is 0 Å². The van der Waals surface area contributed by atoms with Crippen LogP contribution in [0.25, 0.3) is 0 Å². The third-order valence-electron chi connectivity index (χ3n) is 5.37. The first-order valence-corrected chi connectivity index (χ1v) is 9.00. The maximum atomic E-state index is 12.7. The molecule has 26 heavy (non-hydrogen) atoms. The van der Waals surface area contributed by atoms with E-state index in [1.807, 2.05) is 45.9 Å². The number of hydrogen-bond acceptors (Lipinski definition) is 5. The molecule has 1 fully saturated rings. The first-order valence-electron chi connectivity index (χ1n) is 9.00. The number of allylic oxidation sites excluding steroid dienone is 5. The maximum absolute atomic E-state index is 12.7. The zero-order chi connectivity index (χ0) is 19.6. The number of esters is 2. The Morgan fingerprint density at radius 3 is 2.50 bits per heavy atom. The second-order valence-electron chi connectivity index (χ2n) is 7.68. The fourth-order valence-electron chi connectivity index (χ4n) is 3.67. The van der Waals surface area contributed by atoms with Crippen molar-refractivity contribution in [1.29, 1.82) is 0 Å². The highest BCUT2D eigenvalue weighted by Crippen LogP contribution is 2.60. The molecule has 0 unspecified atom stereocenters. The molecule has 3 atom stereocenters. The molecule has 142 valence electrons. The Hall–Kier alpha value is -2.17. The SMILES string of the molecule is C/C=C/CC1=C(C)[C@@H](OC(=O)[C@@H]2[C@@H](/C=C(\C)OC(C)=O)C2(C)C)CC1=O. The Labute approximate surface area is 155 Å². The largest absolute Gasteiger partial charge is 0.457 e. The summed E-state index contributed by atoms with van der Waals surface area (Å²) in [6, 6.07) is 0. The van der Waals surface area contributed by atoms with Crippen LogP contribution >= 0.6 is 0 Å². The molecule has 2 aliphatic rings. The second-order valence-corrected chi connectivity index (χ2v) is 7.68. The summed E-state index contributed by atoms with van der Waals surface area (Å²) in [7, 11) is 0. The van der Waals surface area contributed by atoms with Crippen molar-refractivity contribution in [2.45, 2.75) is 60.5 Å². The van der Waals surface area contributed by atoms with Gasteiger partial charge in [0, 0.05) is 18.4 Å². The summed E-state index contributed by atoms with van der Waals surface area (Å²) in [6.45, 7) is 10.8.